The molecule has 0 radical (unpaired) electrons. The number of carbonyl (C=O) groups is 1. The van der Waals surface area contributed by atoms with E-state index in [1.807, 2.05) is 25.1 Å². The number of nitrogens with zero attached hydrogens (tertiary/aromatic N) is 1. The van der Waals surface area contributed by atoms with Crippen LogP contribution in [0.15, 0.2) is 30.3 Å². The summed E-state index contributed by atoms with van der Waals surface area (Å²) in [5.74, 6) is -0.167. The molecular weight excluding hydrogens is 323 g/mol. The van der Waals surface area contributed by atoms with E-state index in [1.54, 1.807) is 17.0 Å². The zero-order valence-electron chi connectivity index (χ0n) is 12.2. The van der Waals surface area contributed by atoms with Crippen LogP contribution in [0.1, 0.15) is 17.3 Å². The van der Waals surface area contributed by atoms with Gasteiger partial charge in [-0.05, 0) is 13.0 Å². The zero-order valence-corrected chi connectivity index (χ0v) is 13.7. The maximum absolute atomic E-state index is 12.6. The van der Waals surface area contributed by atoms with Crippen molar-refractivity contribution in [1.29, 1.82) is 0 Å². The largest absolute Gasteiger partial charge is 0.506 e. The van der Waals surface area contributed by atoms with E-state index in [0.717, 1.165) is 11.9 Å². The Kier molecular flexibility index (Phi) is 5.16. The summed E-state index contributed by atoms with van der Waals surface area (Å²) in [5.41, 5.74) is 0.271. The van der Waals surface area contributed by atoms with Gasteiger partial charge in [0.15, 0.2) is 0 Å². The van der Waals surface area contributed by atoms with Crippen molar-refractivity contribution in [3.8, 4) is 5.75 Å². The van der Waals surface area contributed by atoms with Gasteiger partial charge in [-0.15, -0.1) is 12.4 Å². The minimum atomic E-state index is -0.173. The normalized spacial score (nSPS) is 18.1. The molecule has 2 aromatic rings. The van der Waals surface area contributed by atoms with E-state index >= 15 is 0 Å². The van der Waals surface area contributed by atoms with Gasteiger partial charge in [0.25, 0.3) is 5.91 Å². The molecule has 0 unspecified atom stereocenters. The molecule has 118 valence electrons. The van der Waals surface area contributed by atoms with Gasteiger partial charge in [0, 0.05) is 41.5 Å². The summed E-state index contributed by atoms with van der Waals surface area (Å²) in [7, 11) is 0. The number of nitrogens with one attached hydrogen (secondary N) is 1. The van der Waals surface area contributed by atoms with E-state index in [2.05, 4.69) is 5.32 Å². The van der Waals surface area contributed by atoms with Crippen molar-refractivity contribution in [2.75, 3.05) is 19.6 Å². The summed E-state index contributed by atoms with van der Waals surface area (Å²) in [6, 6.07) is 9.09. The molecule has 1 fully saturated rings. The Hall–Kier alpha value is -1.49. The molecule has 1 amide bonds. The van der Waals surface area contributed by atoms with Gasteiger partial charge in [-0.2, -0.15) is 0 Å². The lowest BCUT2D eigenvalue weighted by atomic mass is 10.0. The van der Waals surface area contributed by atoms with Crippen LogP contribution in [0, 0.1) is 0 Å². The first kappa shape index (κ1) is 16.9. The van der Waals surface area contributed by atoms with Crippen LogP contribution in [-0.2, 0) is 0 Å². The minimum Gasteiger partial charge on any atom is -0.506 e. The van der Waals surface area contributed by atoms with Crippen molar-refractivity contribution in [3.63, 3.8) is 0 Å². The van der Waals surface area contributed by atoms with Crippen LogP contribution in [0.25, 0.3) is 10.8 Å². The number of carbonyl (C=O) groups excluding carboxylic acids is 1. The van der Waals surface area contributed by atoms with E-state index in [4.69, 9.17) is 11.6 Å². The zero-order chi connectivity index (χ0) is 15.0. The highest BCUT2D eigenvalue weighted by atomic mass is 35.5. The Balaban J connectivity index is 0.00000176. The van der Waals surface area contributed by atoms with Crippen molar-refractivity contribution >= 4 is 40.7 Å². The third-order valence-electron chi connectivity index (χ3n) is 3.85. The van der Waals surface area contributed by atoms with Gasteiger partial charge in [-0.25, -0.2) is 0 Å². The van der Waals surface area contributed by atoms with E-state index in [9.17, 15) is 9.90 Å². The minimum absolute atomic E-state index is 0. The number of rotatable bonds is 1. The van der Waals surface area contributed by atoms with Crippen LogP contribution in [0.4, 0.5) is 0 Å². The Morgan fingerprint density at radius 1 is 1.36 bits per heavy atom. The van der Waals surface area contributed by atoms with Gasteiger partial charge >= 0.3 is 0 Å². The molecule has 0 aliphatic carbocycles. The summed E-state index contributed by atoms with van der Waals surface area (Å²) >= 11 is 6.25. The predicted molar refractivity (Wildman–Crippen MR) is 91.2 cm³/mol. The maximum atomic E-state index is 12.6. The van der Waals surface area contributed by atoms with Crippen LogP contribution in [0.2, 0.25) is 5.02 Å². The number of aromatic hydroxyl groups is 1. The number of phenolic OH excluding ortho intramolecular Hbond substituents is 1. The van der Waals surface area contributed by atoms with Crippen molar-refractivity contribution in [2.45, 2.75) is 13.0 Å². The van der Waals surface area contributed by atoms with Crippen LogP contribution in [0.5, 0.6) is 5.75 Å². The molecule has 1 aliphatic rings. The summed E-state index contributed by atoms with van der Waals surface area (Å²) in [6.07, 6.45) is 0. The molecule has 2 N–H and O–H groups in total. The number of amides is 1. The van der Waals surface area contributed by atoms with Crippen LogP contribution in [0.3, 0.4) is 0 Å². The summed E-state index contributed by atoms with van der Waals surface area (Å²) in [6.45, 7) is 4.05. The van der Waals surface area contributed by atoms with Gasteiger partial charge in [0.1, 0.15) is 5.75 Å². The fourth-order valence-electron chi connectivity index (χ4n) is 2.77. The summed E-state index contributed by atoms with van der Waals surface area (Å²) < 4.78 is 0. The average Bonchev–Trinajstić information content (AvgIpc) is 2.50. The first-order valence-electron chi connectivity index (χ1n) is 7.01. The number of benzene rings is 2. The van der Waals surface area contributed by atoms with Gasteiger partial charge in [0.2, 0.25) is 0 Å². The molecule has 0 saturated carbocycles. The quantitative estimate of drug-likeness (QED) is 0.838. The Bertz CT molecular complexity index is 706. The molecule has 1 aliphatic heterocycles. The van der Waals surface area contributed by atoms with Gasteiger partial charge in [-0.1, -0.05) is 35.9 Å². The molecule has 1 heterocycles. The molecule has 1 saturated heterocycles. The van der Waals surface area contributed by atoms with E-state index in [1.165, 1.54) is 0 Å². The van der Waals surface area contributed by atoms with Crippen molar-refractivity contribution < 1.29 is 9.90 Å². The van der Waals surface area contributed by atoms with Gasteiger partial charge in [0.05, 0.1) is 5.56 Å². The topological polar surface area (TPSA) is 52.6 Å². The summed E-state index contributed by atoms with van der Waals surface area (Å²) in [5, 5.41) is 15.6. The van der Waals surface area contributed by atoms with Gasteiger partial charge in [-0.3, -0.25) is 4.79 Å². The second-order valence-electron chi connectivity index (χ2n) is 5.41. The van der Waals surface area contributed by atoms with E-state index < -0.39 is 0 Å². The number of fused-ring (bicyclic) bond motifs is 1. The third kappa shape index (κ3) is 3.00. The van der Waals surface area contributed by atoms with Crippen molar-refractivity contribution in [3.05, 3.63) is 40.9 Å². The monoisotopic (exact) mass is 340 g/mol. The second-order valence-corrected chi connectivity index (χ2v) is 5.81. The molecule has 1 atom stereocenters. The Labute approximate surface area is 140 Å². The molecule has 0 aromatic heterocycles. The highest BCUT2D eigenvalue weighted by molar-refractivity contribution is 6.36. The third-order valence-corrected chi connectivity index (χ3v) is 4.16. The average molecular weight is 341 g/mol. The Morgan fingerprint density at radius 3 is 2.73 bits per heavy atom. The standard InChI is InChI=1S/C16H17ClN2O2.ClH/c1-10-9-19(7-6-18-10)16(21)13-8-14(17)11-4-2-3-5-12(11)15(13)20;/h2-5,8,10,18,20H,6-7,9H2,1H3;1H/t10-;/m1./s1. The molecule has 22 heavy (non-hydrogen) atoms. The second kappa shape index (κ2) is 6.73. The number of hydrogen-bond donors (Lipinski definition) is 2. The highest BCUT2D eigenvalue weighted by Crippen LogP contribution is 2.34. The highest BCUT2D eigenvalue weighted by Gasteiger charge is 2.25. The fraction of sp³-hybridized carbons (Fsp3) is 0.312. The summed E-state index contributed by atoms with van der Waals surface area (Å²) in [4.78, 5) is 14.4. The number of halogens is 2. The van der Waals surface area contributed by atoms with Gasteiger partial charge < -0.3 is 15.3 Å². The van der Waals surface area contributed by atoms with Crippen molar-refractivity contribution in [2.24, 2.45) is 0 Å². The lowest BCUT2D eigenvalue weighted by Gasteiger charge is -2.32. The van der Waals surface area contributed by atoms with Crippen molar-refractivity contribution in [1.82, 2.24) is 10.2 Å². The van der Waals surface area contributed by atoms with E-state index in [0.29, 0.717) is 23.5 Å². The Morgan fingerprint density at radius 2 is 2.05 bits per heavy atom. The fourth-order valence-corrected chi connectivity index (χ4v) is 3.04. The maximum Gasteiger partial charge on any atom is 0.257 e. The first-order valence-corrected chi connectivity index (χ1v) is 7.38. The van der Waals surface area contributed by atoms with Crippen LogP contribution in [-0.4, -0.2) is 41.6 Å². The number of hydrogen-bond acceptors (Lipinski definition) is 3. The first-order chi connectivity index (χ1) is 10.1. The van der Waals surface area contributed by atoms with Crippen LogP contribution >= 0.6 is 24.0 Å². The lowest BCUT2D eigenvalue weighted by molar-refractivity contribution is 0.0706. The molecule has 4 nitrogen and oxygen atoms in total. The van der Waals surface area contributed by atoms with E-state index in [-0.39, 0.29) is 35.7 Å². The molecule has 2 aromatic carbocycles. The molecular formula is C16H18Cl2N2O2. The number of phenols is 1. The molecule has 6 heteroatoms. The lowest BCUT2D eigenvalue weighted by Crippen LogP contribution is -2.51. The molecule has 3 rings (SSSR count). The smallest absolute Gasteiger partial charge is 0.257 e. The predicted octanol–water partition coefficient (Wildman–Crippen LogP) is 3.05. The SMILES string of the molecule is C[C@@H]1CN(C(=O)c2cc(Cl)c3ccccc3c2O)CCN1.Cl. The molecule has 0 bridgehead atoms. The molecule has 0 spiro atoms. The number of piperazine rings is 1. The van der Waals surface area contributed by atoms with Crippen LogP contribution < -0.4 is 5.32 Å².